The third kappa shape index (κ3) is 2.12. The van der Waals surface area contributed by atoms with Gasteiger partial charge in [-0.3, -0.25) is 0 Å². The van der Waals surface area contributed by atoms with E-state index in [1.807, 2.05) is 36.4 Å². The summed E-state index contributed by atoms with van der Waals surface area (Å²) < 4.78 is 5.92. The van der Waals surface area contributed by atoms with Crippen molar-refractivity contribution in [1.82, 2.24) is 0 Å². The SMILES string of the molecule is Nc1cccc(Oc2cccc3c2NCCC3)c1. The molecular weight excluding hydrogens is 224 g/mol. The van der Waals surface area contributed by atoms with Crippen molar-refractivity contribution in [2.75, 3.05) is 17.6 Å². The van der Waals surface area contributed by atoms with E-state index in [2.05, 4.69) is 11.4 Å². The average molecular weight is 240 g/mol. The van der Waals surface area contributed by atoms with Crippen LogP contribution in [0.15, 0.2) is 42.5 Å². The zero-order valence-corrected chi connectivity index (χ0v) is 10.1. The van der Waals surface area contributed by atoms with Gasteiger partial charge in [-0.1, -0.05) is 18.2 Å². The molecular formula is C15H16N2O. The first kappa shape index (κ1) is 11.0. The maximum atomic E-state index is 5.92. The number of nitrogens with two attached hydrogens (primary N) is 1. The topological polar surface area (TPSA) is 47.3 Å². The van der Waals surface area contributed by atoms with E-state index in [9.17, 15) is 0 Å². The quantitative estimate of drug-likeness (QED) is 0.791. The third-order valence-corrected chi connectivity index (χ3v) is 3.12. The van der Waals surface area contributed by atoms with Gasteiger partial charge in [0.05, 0.1) is 5.69 Å². The Hall–Kier alpha value is -2.16. The molecule has 18 heavy (non-hydrogen) atoms. The summed E-state index contributed by atoms with van der Waals surface area (Å²) in [5, 5.41) is 3.41. The van der Waals surface area contributed by atoms with E-state index < -0.39 is 0 Å². The van der Waals surface area contributed by atoms with Crippen LogP contribution in [0.4, 0.5) is 11.4 Å². The summed E-state index contributed by atoms with van der Waals surface area (Å²) in [5.74, 6) is 1.65. The lowest BCUT2D eigenvalue weighted by Crippen LogP contribution is -2.12. The molecule has 3 rings (SSSR count). The van der Waals surface area contributed by atoms with Gasteiger partial charge < -0.3 is 15.8 Å². The van der Waals surface area contributed by atoms with Crippen molar-refractivity contribution in [3.8, 4) is 11.5 Å². The molecule has 0 spiro atoms. The first-order chi connectivity index (χ1) is 8.83. The highest BCUT2D eigenvalue weighted by atomic mass is 16.5. The van der Waals surface area contributed by atoms with Crippen molar-refractivity contribution in [3.63, 3.8) is 0 Å². The fourth-order valence-corrected chi connectivity index (χ4v) is 2.27. The van der Waals surface area contributed by atoms with Gasteiger partial charge in [-0.25, -0.2) is 0 Å². The number of nitrogen functional groups attached to an aromatic ring is 1. The molecule has 1 aliphatic rings. The van der Waals surface area contributed by atoms with Crippen molar-refractivity contribution in [2.45, 2.75) is 12.8 Å². The van der Waals surface area contributed by atoms with Crippen LogP contribution in [0, 0.1) is 0 Å². The van der Waals surface area contributed by atoms with Gasteiger partial charge >= 0.3 is 0 Å². The number of rotatable bonds is 2. The molecule has 1 aliphatic heterocycles. The molecule has 0 amide bonds. The minimum Gasteiger partial charge on any atom is -0.455 e. The van der Waals surface area contributed by atoms with Gasteiger partial charge in [-0.15, -0.1) is 0 Å². The van der Waals surface area contributed by atoms with Crippen molar-refractivity contribution in [2.24, 2.45) is 0 Å². The lowest BCUT2D eigenvalue weighted by atomic mass is 10.0. The van der Waals surface area contributed by atoms with Crippen molar-refractivity contribution >= 4 is 11.4 Å². The predicted octanol–water partition coefficient (Wildman–Crippen LogP) is 3.42. The smallest absolute Gasteiger partial charge is 0.150 e. The van der Waals surface area contributed by atoms with Gasteiger partial charge in [0.25, 0.3) is 0 Å². The van der Waals surface area contributed by atoms with Gasteiger partial charge in [0.1, 0.15) is 5.75 Å². The number of anilines is 2. The van der Waals surface area contributed by atoms with E-state index in [1.54, 1.807) is 0 Å². The third-order valence-electron chi connectivity index (χ3n) is 3.12. The van der Waals surface area contributed by atoms with Gasteiger partial charge in [0.15, 0.2) is 5.75 Å². The summed E-state index contributed by atoms with van der Waals surface area (Å²) in [7, 11) is 0. The highest BCUT2D eigenvalue weighted by Gasteiger charge is 2.13. The summed E-state index contributed by atoms with van der Waals surface area (Å²) in [6.07, 6.45) is 2.28. The van der Waals surface area contributed by atoms with Gasteiger partial charge in [-0.2, -0.15) is 0 Å². The Morgan fingerprint density at radius 3 is 2.89 bits per heavy atom. The van der Waals surface area contributed by atoms with Crippen LogP contribution in [0.2, 0.25) is 0 Å². The Labute approximate surface area is 107 Å². The molecule has 0 saturated heterocycles. The summed E-state index contributed by atoms with van der Waals surface area (Å²) >= 11 is 0. The van der Waals surface area contributed by atoms with Crippen LogP contribution in [0.1, 0.15) is 12.0 Å². The molecule has 3 heteroatoms. The first-order valence-corrected chi connectivity index (χ1v) is 6.22. The molecule has 0 unspecified atom stereocenters. The van der Waals surface area contributed by atoms with E-state index >= 15 is 0 Å². The fourth-order valence-electron chi connectivity index (χ4n) is 2.27. The number of hydrogen-bond acceptors (Lipinski definition) is 3. The molecule has 2 aromatic carbocycles. The van der Waals surface area contributed by atoms with E-state index in [-0.39, 0.29) is 0 Å². The number of fused-ring (bicyclic) bond motifs is 1. The predicted molar refractivity (Wildman–Crippen MR) is 74.2 cm³/mol. The van der Waals surface area contributed by atoms with Crippen LogP contribution in [-0.2, 0) is 6.42 Å². The highest BCUT2D eigenvalue weighted by Crippen LogP contribution is 2.35. The monoisotopic (exact) mass is 240 g/mol. The molecule has 3 N–H and O–H groups in total. The summed E-state index contributed by atoms with van der Waals surface area (Å²) in [4.78, 5) is 0. The van der Waals surface area contributed by atoms with Crippen LogP contribution in [0.25, 0.3) is 0 Å². The molecule has 92 valence electrons. The molecule has 0 atom stereocenters. The number of para-hydroxylation sites is 1. The molecule has 1 heterocycles. The summed E-state index contributed by atoms with van der Waals surface area (Å²) in [5.41, 5.74) is 8.91. The van der Waals surface area contributed by atoms with E-state index in [0.717, 1.165) is 30.2 Å². The average Bonchev–Trinajstić information content (AvgIpc) is 2.39. The molecule has 2 aromatic rings. The number of ether oxygens (including phenoxy) is 1. The standard InChI is InChI=1S/C15H16N2O/c16-12-6-2-7-13(10-12)18-14-8-1-4-11-5-3-9-17-15(11)14/h1-2,4,6-8,10,17H,3,5,9,16H2. The first-order valence-electron chi connectivity index (χ1n) is 6.22. The van der Waals surface area contributed by atoms with Crippen LogP contribution in [-0.4, -0.2) is 6.54 Å². The summed E-state index contributed by atoms with van der Waals surface area (Å²) in [6.45, 7) is 1.00. The van der Waals surface area contributed by atoms with Gasteiger partial charge in [-0.05, 0) is 36.6 Å². The molecule has 0 fully saturated rings. The minimum absolute atomic E-state index is 0.713. The summed E-state index contributed by atoms with van der Waals surface area (Å²) in [6, 6.07) is 13.7. The fraction of sp³-hybridized carbons (Fsp3) is 0.200. The Kier molecular flexibility index (Phi) is 2.81. The van der Waals surface area contributed by atoms with Crippen molar-refractivity contribution in [1.29, 1.82) is 0 Å². The number of aryl methyl sites for hydroxylation is 1. The number of benzene rings is 2. The second-order valence-corrected chi connectivity index (χ2v) is 4.50. The van der Waals surface area contributed by atoms with Crippen molar-refractivity contribution < 1.29 is 4.74 Å². The maximum absolute atomic E-state index is 5.92. The van der Waals surface area contributed by atoms with Crippen LogP contribution < -0.4 is 15.8 Å². The van der Waals surface area contributed by atoms with E-state index in [0.29, 0.717) is 5.69 Å². The molecule has 3 nitrogen and oxygen atoms in total. The molecule has 0 saturated carbocycles. The molecule has 0 aliphatic carbocycles. The van der Waals surface area contributed by atoms with Gasteiger partial charge in [0, 0.05) is 18.3 Å². The normalized spacial score (nSPS) is 13.6. The van der Waals surface area contributed by atoms with Crippen LogP contribution >= 0.6 is 0 Å². The van der Waals surface area contributed by atoms with E-state index in [4.69, 9.17) is 10.5 Å². The number of nitrogens with one attached hydrogen (secondary N) is 1. The molecule has 0 aromatic heterocycles. The molecule has 0 bridgehead atoms. The minimum atomic E-state index is 0.713. The highest BCUT2D eigenvalue weighted by molar-refractivity contribution is 5.64. The lowest BCUT2D eigenvalue weighted by molar-refractivity contribution is 0.483. The second-order valence-electron chi connectivity index (χ2n) is 4.50. The van der Waals surface area contributed by atoms with Crippen molar-refractivity contribution in [3.05, 3.63) is 48.0 Å². The zero-order valence-electron chi connectivity index (χ0n) is 10.1. The second kappa shape index (κ2) is 4.61. The molecule has 0 radical (unpaired) electrons. The Bertz CT molecular complexity index is 566. The van der Waals surface area contributed by atoms with E-state index in [1.165, 1.54) is 12.0 Å². The lowest BCUT2D eigenvalue weighted by Gasteiger charge is -2.21. The van der Waals surface area contributed by atoms with Crippen LogP contribution in [0.5, 0.6) is 11.5 Å². The largest absolute Gasteiger partial charge is 0.455 e. The van der Waals surface area contributed by atoms with Crippen LogP contribution in [0.3, 0.4) is 0 Å². The Balaban J connectivity index is 1.93. The Morgan fingerprint density at radius 1 is 1.11 bits per heavy atom. The Morgan fingerprint density at radius 2 is 2.00 bits per heavy atom. The number of hydrogen-bond donors (Lipinski definition) is 2. The van der Waals surface area contributed by atoms with Gasteiger partial charge in [0.2, 0.25) is 0 Å². The maximum Gasteiger partial charge on any atom is 0.150 e. The zero-order chi connectivity index (χ0) is 12.4.